The molecular weight excluding hydrogens is 1750 g/mol. The number of unbranched alkanes of at least 4 members (excludes halogenated alkanes) is 24. The molecule has 2 fully saturated rings. The number of rotatable bonds is 79. The van der Waals surface area contributed by atoms with E-state index < -0.39 is 35.8 Å². The van der Waals surface area contributed by atoms with Gasteiger partial charge >= 0.3 is 71.6 Å². The van der Waals surface area contributed by atoms with E-state index in [1.54, 1.807) is 48.5 Å². The van der Waals surface area contributed by atoms with Crippen molar-refractivity contribution in [3.8, 4) is 23.0 Å². The average molecular weight is 1900 g/mol. The molecule has 0 spiro atoms. The maximum Gasteiger partial charge on any atom is 0.343 e. The first-order chi connectivity index (χ1) is 66.4. The Labute approximate surface area is 806 Å². The summed E-state index contributed by atoms with van der Waals surface area (Å²) in [5.74, 6) is -1.01. The van der Waals surface area contributed by atoms with Crippen molar-refractivity contribution < 1.29 is 133 Å². The zero-order chi connectivity index (χ0) is 97.2. The van der Waals surface area contributed by atoms with Gasteiger partial charge in [0.05, 0.1) is 115 Å². The Morgan fingerprint density at radius 2 is 0.426 bits per heavy atom. The molecule has 0 aromatic heterocycles. The molecule has 6 rings (SSSR count). The average Bonchev–Trinajstić information content (AvgIpc) is 0.847. The first-order valence-corrected chi connectivity index (χ1v) is 50.6. The van der Waals surface area contributed by atoms with Crippen molar-refractivity contribution in [1.29, 1.82) is 0 Å². The molecular formula is C108H154O28. The Bertz CT molecular complexity index is 4010. The van der Waals surface area contributed by atoms with Crippen LogP contribution in [0.1, 0.15) is 365 Å². The third kappa shape index (κ3) is 56.9. The molecule has 2 aliphatic rings. The third-order valence-corrected chi connectivity index (χ3v) is 23.7. The monoisotopic (exact) mass is 1900 g/mol. The summed E-state index contributed by atoms with van der Waals surface area (Å²) < 4.78 is 88.1. The zero-order valence-electron chi connectivity index (χ0n) is 80.8. The van der Waals surface area contributed by atoms with E-state index in [4.69, 9.17) is 75.8 Å². The van der Waals surface area contributed by atoms with Crippen LogP contribution in [0.15, 0.2) is 122 Å². The summed E-state index contributed by atoms with van der Waals surface area (Å²) >= 11 is 0. The molecule has 754 valence electrons. The van der Waals surface area contributed by atoms with Crippen molar-refractivity contribution in [2.24, 2.45) is 0 Å². The maximum absolute atomic E-state index is 12.9. The van der Waals surface area contributed by atoms with Gasteiger partial charge in [0.15, 0.2) is 0 Å². The molecule has 136 heavy (non-hydrogen) atoms. The molecule has 0 atom stereocenters. The number of carbonyl (C=O) groups is 12. The fraction of sp³-hybridized carbons (Fsp3) is 0.630. The fourth-order valence-corrected chi connectivity index (χ4v) is 15.6. The normalized spacial score (nSPS) is 14.4. The van der Waals surface area contributed by atoms with E-state index in [0.29, 0.717) is 214 Å². The van der Waals surface area contributed by atoms with Gasteiger partial charge in [-0.15, -0.1) is 0 Å². The van der Waals surface area contributed by atoms with Gasteiger partial charge in [0.1, 0.15) is 23.0 Å². The zero-order valence-corrected chi connectivity index (χ0v) is 80.8. The highest BCUT2D eigenvalue weighted by Crippen LogP contribution is 2.37. The predicted octanol–water partition coefficient (Wildman–Crippen LogP) is 21.9. The van der Waals surface area contributed by atoms with E-state index in [1.165, 1.54) is 11.1 Å². The lowest BCUT2D eigenvalue weighted by Crippen LogP contribution is -2.21. The summed E-state index contributed by atoms with van der Waals surface area (Å²) in [5.41, 5.74) is 3.35. The largest absolute Gasteiger partial charge is 0.494 e. The smallest absolute Gasteiger partial charge is 0.343 e. The van der Waals surface area contributed by atoms with Crippen LogP contribution in [-0.4, -0.2) is 176 Å². The standard InChI is InChI=1S/C108H154O28/c1-3-97(109)125-75-29-9-5-25-73-123-93-61-53-89(54-62-93)107(119)135-95-65-49-87(50-66-95)85-45-57-91(58-46-85)121-71-27-7-11-31-77-127-99(111)39-19-13-33-79-129-101(113)41-20-14-34-80-130-102(114)42-21-15-35-81-131-103(115)43-22-16-36-82-132-104(116)44-24-18-38-84-134-106(118)70-69-105(117)133-83-37-17-23-40-100(112)128-78-32-12-8-28-72-122-92-59-47-86(48-60-92)88-51-67-96(68-52-88)136-108(120)90-55-63-94(64-56-90)124-74-26-6-10-30-76-126-98(110)4-2/h3-4,49-56,61-68,85-86,91-92H,1-2,5-48,57-60,69-84H2. The predicted molar refractivity (Wildman–Crippen MR) is 512 cm³/mol. The molecule has 4 aromatic rings. The summed E-state index contributed by atoms with van der Waals surface area (Å²) in [6, 6.07) is 29.5. The van der Waals surface area contributed by atoms with Gasteiger partial charge in [-0.1, -0.05) is 50.3 Å². The number of benzene rings is 4. The Balaban J connectivity index is 0.589. The highest BCUT2D eigenvalue weighted by atomic mass is 16.6. The minimum atomic E-state index is -0.497. The lowest BCUT2D eigenvalue weighted by molar-refractivity contribution is -0.150. The minimum absolute atomic E-state index is 0.0897. The van der Waals surface area contributed by atoms with Crippen LogP contribution >= 0.6 is 0 Å². The molecule has 28 heteroatoms. The van der Waals surface area contributed by atoms with Crippen molar-refractivity contribution in [2.75, 3.05) is 92.5 Å². The highest BCUT2D eigenvalue weighted by Gasteiger charge is 2.26. The quantitative estimate of drug-likeness (QED) is 0.0130. The molecule has 0 N–H and O–H groups in total. The van der Waals surface area contributed by atoms with Crippen LogP contribution in [0.4, 0.5) is 0 Å². The molecule has 28 nitrogen and oxygen atoms in total. The maximum atomic E-state index is 12.9. The summed E-state index contributed by atoms with van der Waals surface area (Å²) in [6.07, 6.45) is 38.7. The van der Waals surface area contributed by atoms with Crippen LogP contribution in [-0.2, 0) is 105 Å². The number of hydrogen-bond donors (Lipinski definition) is 0. The van der Waals surface area contributed by atoms with Crippen LogP contribution in [0.2, 0.25) is 0 Å². The van der Waals surface area contributed by atoms with Crippen LogP contribution < -0.4 is 18.9 Å². The molecule has 0 radical (unpaired) electrons. The molecule has 4 aromatic carbocycles. The second-order valence-corrected chi connectivity index (χ2v) is 34.9. The van der Waals surface area contributed by atoms with Gasteiger partial charge in [0, 0.05) is 63.9 Å². The van der Waals surface area contributed by atoms with Crippen LogP contribution in [0.25, 0.3) is 0 Å². The van der Waals surface area contributed by atoms with Gasteiger partial charge in [-0.05, 0) is 353 Å². The number of ether oxygens (including phenoxy) is 16. The van der Waals surface area contributed by atoms with E-state index in [-0.39, 0.29) is 120 Å². The van der Waals surface area contributed by atoms with Gasteiger partial charge in [0.25, 0.3) is 0 Å². The lowest BCUT2D eigenvalue weighted by atomic mass is 9.83. The molecule has 0 amide bonds. The number of hydrogen-bond acceptors (Lipinski definition) is 28. The van der Waals surface area contributed by atoms with E-state index in [9.17, 15) is 57.5 Å². The Kier molecular flexibility index (Phi) is 62.7. The van der Waals surface area contributed by atoms with Crippen LogP contribution in [0, 0.1) is 0 Å². The van der Waals surface area contributed by atoms with E-state index in [2.05, 4.69) is 13.2 Å². The number of carbonyl (C=O) groups excluding carboxylic acids is 12. The lowest BCUT2D eigenvalue weighted by Gasteiger charge is -2.29. The Morgan fingerprint density at radius 1 is 0.221 bits per heavy atom. The van der Waals surface area contributed by atoms with E-state index in [0.717, 1.165) is 186 Å². The molecule has 2 aliphatic carbocycles. The highest BCUT2D eigenvalue weighted by molar-refractivity contribution is 5.92. The summed E-state index contributed by atoms with van der Waals surface area (Å²) in [6.45, 7) is 12.4. The molecule has 0 bridgehead atoms. The van der Waals surface area contributed by atoms with Gasteiger partial charge in [-0.3, -0.25) is 38.4 Å². The first kappa shape index (κ1) is 114. The first-order valence-electron chi connectivity index (χ1n) is 50.6. The summed E-state index contributed by atoms with van der Waals surface area (Å²) in [5, 5.41) is 0. The Morgan fingerprint density at radius 3 is 0.669 bits per heavy atom. The second kappa shape index (κ2) is 74.7. The van der Waals surface area contributed by atoms with Gasteiger partial charge < -0.3 is 75.8 Å². The van der Waals surface area contributed by atoms with E-state index in [1.807, 2.05) is 48.5 Å². The van der Waals surface area contributed by atoms with Crippen LogP contribution in [0.5, 0.6) is 23.0 Å². The summed E-state index contributed by atoms with van der Waals surface area (Å²) in [7, 11) is 0. The molecule has 0 unspecified atom stereocenters. The van der Waals surface area contributed by atoms with E-state index >= 15 is 0 Å². The number of esters is 12. The van der Waals surface area contributed by atoms with Crippen LogP contribution in [0.3, 0.4) is 0 Å². The SMILES string of the molecule is C=CC(=O)OCCCCCCOc1ccc(C(=O)Oc2ccc(C3CCC(OCCCCCCOC(=O)CCCCCOC(=O)CCCCCOC(=O)CCCCCOC(=O)CCCCCOC(=O)CCCCCOC(=O)CCC(=O)OCCCCCC(=O)OCCCCCCOC4CCC(c5ccc(OC(=O)c6ccc(OCCCCCCOC(=O)C=C)cc6)cc5)CC4)CC3)cc2)cc1. The second-order valence-electron chi connectivity index (χ2n) is 34.9. The topological polar surface area (TPSA) is 353 Å². The van der Waals surface area contributed by atoms with Crippen molar-refractivity contribution in [2.45, 2.75) is 345 Å². The molecule has 0 saturated heterocycles. The van der Waals surface area contributed by atoms with Crippen molar-refractivity contribution >= 4 is 71.6 Å². The van der Waals surface area contributed by atoms with Gasteiger partial charge in [-0.25, -0.2) is 19.2 Å². The van der Waals surface area contributed by atoms with Crippen molar-refractivity contribution in [3.63, 3.8) is 0 Å². The molecule has 2 saturated carbocycles. The summed E-state index contributed by atoms with van der Waals surface area (Å²) in [4.78, 5) is 146. The third-order valence-electron chi connectivity index (χ3n) is 23.7. The van der Waals surface area contributed by atoms with Gasteiger partial charge in [0.2, 0.25) is 0 Å². The van der Waals surface area contributed by atoms with Crippen molar-refractivity contribution in [1.82, 2.24) is 0 Å². The van der Waals surface area contributed by atoms with Crippen molar-refractivity contribution in [3.05, 3.63) is 145 Å². The Hall–Kier alpha value is -10.5. The molecule has 0 heterocycles. The van der Waals surface area contributed by atoms with Gasteiger partial charge in [-0.2, -0.15) is 0 Å². The fourth-order valence-electron chi connectivity index (χ4n) is 15.6. The molecule has 0 aliphatic heterocycles. The minimum Gasteiger partial charge on any atom is -0.494 e.